The predicted octanol–water partition coefficient (Wildman–Crippen LogP) is 4.30. The Morgan fingerprint density at radius 1 is 1.33 bits per heavy atom. The van der Waals surface area contributed by atoms with Crippen molar-refractivity contribution in [2.24, 2.45) is 0 Å². The number of aromatic amines is 1. The van der Waals surface area contributed by atoms with Gasteiger partial charge in [-0.3, -0.25) is 4.79 Å². The number of methoxy groups -OCH3 is 1. The number of furan rings is 1. The molecule has 0 atom stereocenters. The molecule has 0 radical (unpaired) electrons. The van der Waals surface area contributed by atoms with Crippen molar-refractivity contribution in [2.45, 2.75) is 6.92 Å². The van der Waals surface area contributed by atoms with Gasteiger partial charge >= 0.3 is 0 Å². The Hall–Kier alpha value is -2.86. The van der Waals surface area contributed by atoms with Crippen LogP contribution in [0.2, 0.25) is 0 Å². The van der Waals surface area contributed by atoms with E-state index in [2.05, 4.69) is 9.97 Å². The number of benzene rings is 1. The summed E-state index contributed by atoms with van der Waals surface area (Å²) in [4.78, 5) is 20.1. The van der Waals surface area contributed by atoms with E-state index in [1.807, 2.05) is 42.6 Å². The van der Waals surface area contributed by atoms with Crippen LogP contribution in [0, 0.1) is 0 Å². The Bertz CT molecular complexity index is 1130. The molecule has 4 aromatic rings. The van der Waals surface area contributed by atoms with Gasteiger partial charge in [0.05, 0.1) is 12.5 Å². The molecule has 0 aliphatic carbocycles. The van der Waals surface area contributed by atoms with Crippen molar-refractivity contribution in [1.82, 2.24) is 9.97 Å². The van der Waals surface area contributed by atoms with E-state index in [1.165, 1.54) is 11.3 Å². The highest BCUT2D eigenvalue weighted by Crippen LogP contribution is 2.26. The number of hydrogen-bond donors (Lipinski definition) is 1. The Morgan fingerprint density at radius 3 is 3.04 bits per heavy atom. The van der Waals surface area contributed by atoms with E-state index in [1.54, 1.807) is 13.2 Å². The second-order valence-corrected chi connectivity index (χ2v) is 6.33. The first-order valence-electron chi connectivity index (χ1n) is 7.38. The first kappa shape index (κ1) is 14.7. The molecule has 5 nitrogen and oxygen atoms in total. The minimum absolute atomic E-state index is 0.127. The normalized spacial score (nSPS) is 12.2. The van der Waals surface area contributed by atoms with E-state index in [4.69, 9.17) is 9.15 Å². The van der Waals surface area contributed by atoms with Gasteiger partial charge in [0.15, 0.2) is 0 Å². The molecule has 4 rings (SSSR count). The van der Waals surface area contributed by atoms with E-state index in [-0.39, 0.29) is 5.56 Å². The highest BCUT2D eigenvalue weighted by atomic mass is 32.1. The highest BCUT2D eigenvalue weighted by molar-refractivity contribution is 7.16. The molecule has 6 heteroatoms. The first-order chi connectivity index (χ1) is 11.6. The van der Waals surface area contributed by atoms with Crippen molar-refractivity contribution in [3.8, 4) is 5.75 Å². The van der Waals surface area contributed by atoms with Crippen molar-refractivity contribution in [2.75, 3.05) is 7.11 Å². The number of thiophene rings is 1. The van der Waals surface area contributed by atoms with Gasteiger partial charge in [-0.1, -0.05) is 0 Å². The maximum Gasteiger partial charge on any atom is 0.259 e. The lowest BCUT2D eigenvalue weighted by Crippen LogP contribution is -2.09. The molecule has 0 unspecified atom stereocenters. The van der Waals surface area contributed by atoms with Gasteiger partial charge in [-0.25, -0.2) is 4.98 Å². The SMILES string of the molecule is COc1ccc2oc(/C=C(\C)c3nc4sccc4c(=O)[nH]3)cc2c1. The van der Waals surface area contributed by atoms with Crippen LogP contribution in [0.15, 0.2) is 44.9 Å². The molecule has 0 fully saturated rings. The molecule has 1 N–H and O–H groups in total. The average molecular weight is 338 g/mol. The molecular weight excluding hydrogens is 324 g/mol. The van der Waals surface area contributed by atoms with Crippen LogP contribution in [-0.4, -0.2) is 17.1 Å². The zero-order chi connectivity index (χ0) is 16.7. The molecule has 0 saturated carbocycles. The smallest absolute Gasteiger partial charge is 0.259 e. The highest BCUT2D eigenvalue weighted by Gasteiger charge is 2.08. The van der Waals surface area contributed by atoms with Crippen molar-refractivity contribution in [3.63, 3.8) is 0 Å². The van der Waals surface area contributed by atoms with E-state index < -0.39 is 0 Å². The lowest BCUT2D eigenvalue weighted by molar-refractivity contribution is 0.415. The maximum absolute atomic E-state index is 12.1. The third kappa shape index (κ3) is 2.51. The molecule has 3 heterocycles. The van der Waals surface area contributed by atoms with E-state index in [9.17, 15) is 4.79 Å². The Kier molecular flexibility index (Phi) is 3.46. The third-order valence-electron chi connectivity index (χ3n) is 3.81. The van der Waals surface area contributed by atoms with Crippen molar-refractivity contribution >= 4 is 44.2 Å². The molecule has 0 amide bonds. The van der Waals surface area contributed by atoms with E-state index >= 15 is 0 Å². The fourth-order valence-electron chi connectivity index (χ4n) is 2.57. The van der Waals surface area contributed by atoms with Gasteiger partial charge in [-0.15, -0.1) is 11.3 Å². The summed E-state index contributed by atoms with van der Waals surface area (Å²) in [5, 5.41) is 3.44. The molecule has 0 aliphatic heterocycles. The summed E-state index contributed by atoms with van der Waals surface area (Å²) in [6, 6.07) is 9.36. The molecule has 120 valence electrons. The van der Waals surface area contributed by atoms with Crippen LogP contribution in [0.25, 0.3) is 32.8 Å². The molecule has 0 spiro atoms. The number of ether oxygens (including phenoxy) is 1. The zero-order valence-corrected chi connectivity index (χ0v) is 13.9. The van der Waals surface area contributed by atoms with Crippen molar-refractivity contribution in [3.05, 3.63) is 57.7 Å². The van der Waals surface area contributed by atoms with Gasteiger partial charge in [-0.2, -0.15) is 0 Å². The third-order valence-corrected chi connectivity index (χ3v) is 4.62. The second kappa shape index (κ2) is 5.65. The number of fused-ring (bicyclic) bond motifs is 2. The van der Waals surface area contributed by atoms with Crippen LogP contribution in [0.3, 0.4) is 0 Å². The van der Waals surface area contributed by atoms with Crippen LogP contribution in [0.1, 0.15) is 18.5 Å². The van der Waals surface area contributed by atoms with Gasteiger partial charge in [0.2, 0.25) is 0 Å². The number of nitrogens with zero attached hydrogens (tertiary/aromatic N) is 1. The van der Waals surface area contributed by atoms with Crippen molar-refractivity contribution < 1.29 is 9.15 Å². The van der Waals surface area contributed by atoms with Gasteiger partial charge in [0.1, 0.15) is 27.7 Å². The van der Waals surface area contributed by atoms with Crippen LogP contribution >= 0.6 is 11.3 Å². The monoisotopic (exact) mass is 338 g/mol. The van der Waals surface area contributed by atoms with Gasteiger partial charge in [-0.05, 0) is 54.3 Å². The number of H-pyrrole nitrogens is 1. The lowest BCUT2D eigenvalue weighted by atomic mass is 10.2. The summed E-state index contributed by atoms with van der Waals surface area (Å²) in [7, 11) is 1.63. The second-order valence-electron chi connectivity index (χ2n) is 5.43. The standard InChI is InChI=1S/C18H14N2O3S/c1-10(16-19-17(21)14-5-6-24-18(14)20-16)7-13-9-11-8-12(22-2)3-4-15(11)23-13/h3-9H,1-2H3,(H,19,20,21)/b10-7+. The molecule has 1 aromatic carbocycles. The van der Waals surface area contributed by atoms with Crippen molar-refractivity contribution in [1.29, 1.82) is 0 Å². The zero-order valence-electron chi connectivity index (χ0n) is 13.1. The maximum atomic E-state index is 12.1. The average Bonchev–Trinajstić information content (AvgIpc) is 3.19. The van der Waals surface area contributed by atoms with Crippen LogP contribution in [0.5, 0.6) is 5.75 Å². The molecule has 0 saturated heterocycles. The summed E-state index contributed by atoms with van der Waals surface area (Å²) in [6.45, 7) is 1.89. The number of allylic oxidation sites excluding steroid dienone is 1. The van der Waals surface area contributed by atoms with E-state index in [0.29, 0.717) is 17.0 Å². The molecule has 3 aromatic heterocycles. The number of nitrogens with one attached hydrogen (secondary N) is 1. The summed E-state index contributed by atoms with van der Waals surface area (Å²) in [5.74, 6) is 2.03. The van der Waals surface area contributed by atoms with Crippen LogP contribution in [0.4, 0.5) is 0 Å². The summed E-state index contributed by atoms with van der Waals surface area (Å²) >= 11 is 1.45. The number of hydrogen-bond acceptors (Lipinski definition) is 5. The van der Waals surface area contributed by atoms with Crippen LogP contribution < -0.4 is 10.3 Å². The number of rotatable bonds is 3. The quantitative estimate of drug-likeness (QED) is 0.605. The Balaban J connectivity index is 1.77. The molecule has 24 heavy (non-hydrogen) atoms. The molecule has 0 bridgehead atoms. The van der Waals surface area contributed by atoms with Crippen LogP contribution in [-0.2, 0) is 0 Å². The largest absolute Gasteiger partial charge is 0.497 e. The minimum atomic E-state index is -0.127. The number of aromatic nitrogens is 2. The Labute approximate surface area is 141 Å². The van der Waals surface area contributed by atoms with Gasteiger partial charge in [0.25, 0.3) is 5.56 Å². The molecular formula is C18H14N2O3S. The predicted molar refractivity (Wildman–Crippen MR) is 96.6 cm³/mol. The summed E-state index contributed by atoms with van der Waals surface area (Å²) in [6.07, 6.45) is 1.87. The fraction of sp³-hybridized carbons (Fsp3) is 0.111. The minimum Gasteiger partial charge on any atom is -0.497 e. The van der Waals surface area contributed by atoms with Gasteiger partial charge < -0.3 is 14.1 Å². The fourth-order valence-corrected chi connectivity index (χ4v) is 3.34. The molecule has 0 aliphatic rings. The lowest BCUT2D eigenvalue weighted by Gasteiger charge is -2.00. The van der Waals surface area contributed by atoms with Gasteiger partial charge in [0, 0.05) is 5.39 Å². The summed E-state index contributed by atoms with van der Waals surface area (Å²) < 4.78 is 11.0. The first-order valence-corrected chi connectivity index (χ1v) is 8.26. The summed E-state index contributed by atoms with van der Waals surface area (Å²) in [5.41, 5.74) is 1.48. The topological polar surface area (TPSA) is 68.1 Å². The Morgan fingerprint density at radius 2 is 2.21 bits per heavy atom. The van der Waals surface area contributed by atoms with E-state index in [0.717, 1.165) is 27.1 Å².